The Morgan fingerprint density at radius 1 is 1.26 bits per heavy atom. The van der Waals surface area contributed by atoms with Crippen LogP contribution in [-0.2, 0) is 0 Å². The lowest BCUT2D eigenvalue weighted by atomic mass is 9.92. The summed E-state index contributed by atoms with van der Waals surface area (Å²) in [6.45, 7) is 3.79. The Labute approximate surface area is 121 Å². The normalized spacial score (nSPS) is 12.1. The first-order valence-electron chi connectivity index (χ1n) is 6.24. The highest BCUT2D eigenvalue weighted by atomic mass is 79.9. The predicted octanol–water partition coefficient (Wildman–Crippen LogP) is 4.64. The average Bonchev–Trinajstić information content (AvgIpc) is 2.93. The van der Waals surface area contributed by atoms with Gasteiger partial charge in [0.25, 0.3) is 0 Å². The first kappa shape index (κ1) is 13.8. The zero-order chi connectivity index (χ0) is 13.7. The van der Waals surface area contributed by atoms with Crippen molar-refractivity contribution in [2.45, 2.75) is 18.8 Å². The minimum atomic E-state index is 0.104. The van der Waals surface area contributed by atoms with Gasteiger partial charge in [-0.25, -0.2) is 0 Å². The molecule has 2 nitrogen and oxygen atoms in total. The van der Waals surface area contributed by atoms with E-state index in [1.165, 1.54) is 0 Å². The van der Waals surface area contributed by atoms with Crippen LogP contribution in [0.3, 0.4) is 0 Å². The molecule has 0 aliphatic carbocycles. The summed E-state index contributed by atoms with van der Waals surface area (Å²) in [7, 11) is 0. The van der Waals surface area contributed by atoms with Crippen molar-refractivity contribution in [2.24, 2.45) is 0 Å². The molecule has 0 aliphatic heterocycles. The van der Waals surface area contributed by atoms with Crippen LogP contribution in [0.25, 0.3) is 0 Å². The van der Waals surface area contributed by atoms with Crippen LogP contribution in [0.2, 0.25) is 0 Å². The van der Waals surface area contributed by atoms with Crippen LogP contribution in [0.5, 0.6) is 0 Å². The zero-order valence-corrected chi connectivity index (χ0v) is 12.2. The third-order valence-corrected chi connectivity index (χ3v) is 3.83. The predicted molar refractivity (Wildman–Crippen MR) is 81.4 cm³/mol. The average molecular weight is 318 g/mol. The Balaban J connectivity index is 2.19. The topological polar surface area (TPSA) is 22.0 Å². The molecule has 3 heteroatoms. The molecule has 1 aromatic carbocycles. The van der Waals surface area contributed by atoms with Gasteiger partial charge in [-0.3, -0.25) is 9.36 Å². The fourth-order valence-electron chi connectivity index (χ4n) is 2.14. The van der Waals surface area contributed by atoms with Crippen molar-refractivity contribution in [3.05, 3.63) is 71.5 Å². The molecule has 0 radical (unpaired) electrons. The molecule has 0 bridgehead atoms. The zero-order valence-electron chi connectivity index (χ0n) is 10.6. The minimum Gasteiger partial charge on any atom is -0.295 e. The first-order chi connectivity index (χ1) is 9.22. The number of hydrogen-bond donors (Lipinski definition) is 0. The maximum absolute atomic E-state index is 12.2. The molecule has 0 saturated carbocycles. The Bertz CT molecular complexity index is 560. The number of nitrogens with zero attached hydrogens (tertiary/aromatic N) is 1. The van der Waals surface area contributed by atoms with Gasteiger partial charge in [-0.2, -0.15) is 0 Å². The molecule has 19 heavy (non-hydrogen) atoms. The van der Waals surface area contributed by atoms with E-state index < -0.39 is 0 Å². The number of carbonyl (C=O) groups is 1. The van der Waals surface area contributed by atoms with Crippen LogP contribution in [0.15, 0.2) is 65.9 Å². The van der Waals surface area contributed by atoms with E-state index in [4.69, 9.17) is 0 Å². The van der Waals surface area contributed by atoms with Gasteiger partial charge in [0.15, 0.2) is 0 Å². The summed E-state index contributed by atoms with van der Waals surface area (Å²) >= 11 is 3.55. The third kappa shape index (κ3) is 3.44. The Morgan fingerprint density at radius 3 is 2.58 bits per heavy atom. The van der Waals surface area contributed by atoms with Crippen LogP contribution in [-0.4, -0.2) is 10.5 Å². The summed E-state index contributed by atoms with van der Waals surface area (Å²) in [6.07, 6.45) is 6.70. The maximum Gasteiger partial charge on any atom is 0.231 e. The highest BCUT2D eigenvalue weighted by Crippen LogP contribution is 2.30. The molecule has 1 heterocycles. The third-order valence-electron chi connectivity index (χ3n) is 3.11. The molecule has 98 valence electrons. The van der Waals surface area contributed by atoms with E-state index >= 15 is 0 Å². The SMILES string of the molecule is C=CCC(CC(=O)n1cccc1)c1ccccc1Br. The fraction of sp³-hybridized carbons (Fsp3) is 0.188. The van der Waals surface area contributed by atoms with Crippen molar-refractivity contribution >= 4 is 21.8 Å². The van der Waals surface area contributed by atoms with Gasteiger partial charge < -0.3 is 0 Å². The molecule has 0 spiro atoms. The second-order valence-corrected chi connectivity index (χ2v) is 5.29. The van der Waals surface area contributed by atoms with E-state index in [9.17, 15) is 4.79 Å². The summed E-state index contributed by atoms with van der Waals surface area (Å²) in [5.74, 6) is 0.260. The molecule has 1 aromatic heterocycles. The molecular weight excluding hydrogens is 302 g/mol. The Hall–Kier alpha value is -1.61. The van der Waals surface area contributed by atoms with Crippen molar-refractivity contribution in [1.82, 2.24) is 4.57 Å². The maximum atomic E-state index is 12.2. The van der Waals surface area contributed by atoms with Gasteiger partial charge in [0.2, 0.25) is 5.91 Å². The van der Waals surface area contributed by atoms with Gasteiger partial charge in [-0.15, -0.1) is 6.58 Å². The standard InChI is InChI=1S/C16H16BrNO/c1-2-7-13(14-8-3-4-9-15(14)17)12-16(19)18-10-5-6-11-18/h2-6,8-11,13H,1,7,12H2. The van der Waals surface area contributed by atoms with Crippen molar-refractivity contribution in [2.75, 3.05) is 0 Å². The molecule has 1 unspecified atom stereocenters. The van der Waals surface area contributed by atoms with Gasteiger partial charge in [0.1, 0.15) is 0 Å². The van der Waals surface area contributed by atoms with Crippen LogP contribution < -0.4 is 0 Å². The van der Waals surface area contributed by atoms with Crippen LogP contribution in [0, 0.1) is 0 Å². The summed E-state index contributed by atoms with van der Waals surface area (Å²) in [6, 6.07) is 11.8. The van der Waals surface area contributed by atoms with Gasteiger partial charge in [-0.1, -0.05) is 40.2 Å². The Morgan fingerprint density at radius 2 is 1.95 bits per heavy atom. The van der Waals surface area contributed by atoms with Crippen molar-refractivity contribution in [1.29, 1.82) is 0 Å². The number of aromatic nitrogens is 1. The van der Waals surface area contributed by atoms with Gasteiger partial charge in [0.05, 0.1) is 0 Å². The number of benzene rings is 1. The van der Waals surface area contributed by atoms with Crippen LogP contribution in [0.1, 0.15) is 29.1 Å². The number of hydrogen-bond acceptors (Lipinski definition) is 1. The first-order valence-corrected chi connectivity index (χ1v) is 7.03. The molecular formula is C16H16BrNO. The van der Waals surface area contributed by atoms with E-state index in [-0.39, 0.29) is 11.8 Å². The smallest absolute Gasteiger partial charge is 0.231 e. The lowest BCUT2D eigenvalue weighted by Gasteiger charge is -2.16. The summed E-state index contributed by atoms with van der Waals surface area (Å²) in [5, 5.41) is 0. The molecule has 0 aliphatic rings. The quantitative estimate of drug-likeness (QED) is 0.736. The van der Waals surface area contributed by atoms with Crippen LogP contribution in [0.4, 0.5) is 0 Å². The number of carbonyl (C=O) groups excluding carboxylic acids is 1. The molecule has 2 aromatic rings. The lowest BCUT2D eigenvalue weighted by Crippen LogP contribution is -2.13. The fourth-order valence-corrected chi connectivity index (χ4v) is 2.75. The minimum absolute atomic E-state index is 0.104. The molecule has 2 rings (SSSR count). The summed E-state index contributed by atoms with van der Waals surface area (Å²) in [5.41, 5.74) is 1.16. The monoisotopic (exact) mass is 317 g/mol. The molecule has 0 N–H and O–H groups in total. The van der Waals surface area contributed by atoms with Crippen molar-refractivity contribution in [3.8, 4) is 0 Å². The van der Waals surface area contributed by atoms with E-state index in [1.54, 1.807) is 17.0 Å². The molecule has 0 amide bonds. The number of halogens is 1. The molecule has 1 atom stereocenters. The van der Waals surface area contributed by atoms with Gasteiger partial charge >= 0.3 is 0 Å². The summed E-state index contributed by atoms with van der Waals surface area (Å²) in [4.78, 5) is 12.2. The number of allylic oxidation sites excluding steroid dienone is 1. The van der Waals surface area contributed by atoms with Gasteiger partial charge in [-0.05, 0) is 36.1 Å². The van der Waals surface area contributed by atoms with E-state index in [0.29, 0.717) is 6.42 Å². The molecule has 0 fully saturated rings. The van der Waals surface area contributed by atoms with Crippen molar-refractivity contribution in [3.63, 3.8) is 0 Å². The lowest BCUT2D eigenvalue weighted by molar-refractivity contribution is 0.0893. The second kappa shape index (κ2) is 6.53. The van der Waals surface area contributed by atoms with E-state index in [0.717, 1.165) is 16.5 Å². The van der Waals surface area contributed by atoms with Crippen molar-refractivity contribution < 1.29 is 4.79 Å². The van der Waals surface area contributed by atoms with Crippen LogP contribution >= 0.6 is 15.9 Å². The van der Waals surface area contributed by atoms with Gasteiger partial charge in [0, 0.05) is 23.3 Å². The van der Waals surface area contributed by atoms with E-state index in [1.807, 2.05) is 36.4 Å². The highest BCUT2D eigenvalue weighted by molar-refractivity contribution is 9.10. The second-order valence-electron chi connectivity index (χ2n) is 4.43. The summed E-state index contributed by atoms with van der Waals surface area (Å²) < 4.78 is 2.68. The molecule has 0 saturated heterocycles. The Kier molecular flexibility index (Phi) is 4.74. The van der Waals surface area contributed by atoms with E-state index in [2.05, 4.69) is 28.6 Å². The number of rotatable bonds is 5. The largest absolute Gasteiger partial charge is 0.295 e. The highest BCUT2D eigenvalue weighted by Gasteiger charge is 2.17.